The predicted molar refractivity (Wildman–Crippen MR) is 116 cm³/mol. The summed E-state index contributed by atoms with van der Waals surface area (Å²) in [5.41, 5.74) is 3.96. The molecule has 1 atom stereocenters. The molecular weight excluding hydrogens is 408 g/mol. The number of aryl methyl sites for hydroxylation is 3. The van der Waals surface area contributed by atoms with Crippen molar-refractivity contribution in [3.8, 4) is 5.69 Å². The van der Waals surface area contributed by atoms with Crippen LogP contribution in [0.2, 0.25) is 5.02 Å². The van der Waals surface area contributed by atoms with Crippen LogP contribution < -0.4 is 5.32 Å². The second-order valence-electron chi connectivity index (χ2n) is 6.82. The third-order valence-electron chi connectivity index (χ3n) is 4.48. The fourth-order valence-corrected chi connectivity index (χ4v) is 3.81. The summed E-state index contributed by atoms with van der Waals surface area (Å²) < 4.78 is 1.96. The van der Waals surface area contributed by atoms with E-state index in [-0.39, 0.29) is 18.2 Å². The Morgan fingerprint density at radius 1 is 1.17 bits per heavy atom. The average molecular weight is 431 g/mol. The number of benzene rings is 2. The van der Waals surface area contributed by atoms with Crippen molar-refractivity contribution in [2.75, 3.05) is 12.3 Å². The zero-order valence-electron chi connectivity index (χ0n) is 16.5. The average Bonchev–Trinajstić information content (AvgIpc) is 3.07. The van der Waals surface area contributed by atoms with Gasteiger partial charge in [-0.15, -0.1) is 10.2 Å². The molecule has 1 amide bonds. The maximum absolute atomic E-state index is 12.3. The van der Waals surface area contributed by atoms with Gasteiger partial charge in [-0.25, -0.2) is 0 Å². The molecule has 1 heterocycles. The van der Waals surface area contributed by atoms with Crippen molar-refractivity contribution in [2.24, 2.45) is 0 Å². The summed E-state index contributed by atoms with van der Waals surface area (Å²) in [6.07, 6.45) is -0.790. The highest BCUT2D eigenvalue weighted by molar-refractivity contribution is 7.99. The lowest BCUT2D eigenvalue weighted by Crippen LogP contribution is -2.29. The molecule has 0 spiro atoms. The van der Waals surface area contributed by atoms with Crippen LogP contribution in [-0.4, -0.2) is 38.1 Å². The first kappa shape index (κ1) is 21.4. The number of nitrogens with zero attached hydrogens (tertiary/aromatic N) is 3. The number of aromatic nitrogens is 3. The molecule has 0 fully saturated rings. The molecule has 1 aromatic heterocycles. The number of amides is 1. The Labute approximate surface area is 179 Å². The standard InChI is InChI=1S/C21H23ClN4O2S/c1-13-4-5-14(2)18(10-13)26-15(3)24-25-21(26)29-12-20(28)23-11-19(27)16-6-8-17(22)9-7-16/h4-10,19,27H,11-12H2,1-3H3,(H,23,28). The number of aliphatic hydroxyl groups excluding tert-OH is 1. The van der Waals surface area contributed by atoms with Crippen LogP contribution in [0.15, 0.2) is 47.6 Å². The summed E-state index contributed by atoms with van der Waals surface area (Å²) in [7, 11) is 0. The number of carbonyl (C=O) groups is 1. The predicted octanol–water partition coefficient (Wildman–Crippen LogP) is 3.79. The molecule has 0 saturated heterocycles. The molecule has 0 saturated carbocycles. The van der Waals surface area contributed by atoms with E-state index in [1.54, 1.807) is 24.3 Å². The Morgan fingerprint density at radius 3 is 2.62 bits per heavy atom. The SMILES string of the molecule is Cc1ccc(C)c(-n2c(C)nnc2SCC(=O)NCC(O)c2ccc(Cl)cc2)c1. The van der Waals surface area contributed by atoms with E-state index >= 15 is 0 Å². The van der Waals surface area contributed by atoms with Gasteiger partial charge in [-0.05, 0) is 55.7 Å². The van der Waals surface area contributed by atoms with Crippen LogP contribution in [0.25, 0.3) is 5.69 Å². The maximum Gasteiger partial charge on any atom is 0.230 e. The monoisotopic (exact) mass is 430 g/mol. The number of halogens is 1. The first-order valence-electron chi connectivity index (χ1n) is 9.18. The van der Waals surface area contributed by atoms with Crippen molar-refractivity contribution in [1.82, 2.24) is 20.1 Å². The van der Waals surface area contributed by atoms with E-state index in [0.29, 0.717) is 15.7 Å². The van der Waals surface area contributed by atoms with Crippen molar-refractivity contribution >= 4 is 29.3 Å². The van der Waals surface area contributed by atoms with Crippen LogP contribution in [0.4, 0.5) is 0 Å². The van der Waals surface area contributed by atoms with E-state index in [2.05, 4.69) is 33.7 Å². The van der Waals surface area contributed by atoms with Gasteiger partial charge in [0.25, 0.3) is 0 Å². The van der Waals surface area contributed by atoms with Gasteiger partial charge in [0.05, 0.1) is 17.5 Å². The maximum atomic E-state index is 12.3. The highest BCUT2D eigenvalue weighted by atomic mass is 35.5. The number of nitrogens with one attached hydrogen (secondary N) is 1. The van der Waals surface area contributed by atoms with E-state index in [9.17, 15) is 9.90 Å². The molecule has 0 aliphatic rings. The van der Waals surface area contributed by atoms with Gasteiger partial charge in [0, 0.05) is 11.6 Å². The highest BCUT2D eigenvalue weighted by Gasteiger charge is 2.16. The number of rotatable bonds is 7. The molecule has 6 nitrogen and oxygen atoms in total. The van der Waals surface area contributed by atoms with Gasteiger partial charge in [-0.2, -0.15) is 0 Å². The fraction of sp³-hybridized carbons (Fsp3) is 0.286. The van der Waals surface area contributed by atoms with E-state index < -0.39 is 6.10 Å². The summed E-state index contributed by atoms with van der Waals surface area (Å²) in [5, 5.41) is 22.6. The lowest BCUT2D eigenvalue weighted by molar-refractivity contribution is -0.119. The zero-order valence-corrected chi connectivity index (χ0v) is 18.1. The largest absolute Gasteiger partial charge is 0.387 e. The quantitative estimate of drug-likeness (QED) is 0.557. The molecule has 29 heavy (non-hydrogen) atoms. The molecule has 1 unspecified atom stereocenters. The van der Waals surface area contributed by atoms with Crippen molar-refractivity contribution in [3.05, 3.63) is 70.0 Å². The van der Waals surface area contributed by atoms with E-state index in [4.69, 9.17) is 11.6 Å². The van der Waals surface area contributed by atoms with Crippen LogP contribution in [0.5, 0.6) is 0 Å². The van der Waals surface area contributed by atoms with Gasteiger partial charge >= 0.3 is 0 Å². The molecule has 0 aliphatic carbocycles. The lowest BCUT2D eigenvalue weighted by atomic mass is 10.1. The summed E-state index contributed by atoms with van der Waals surface area (Å²) in [5.74, 6) is 0.757. The Morgan fingerprint density at radius 2 is 1.90 bits per heavy atom. The van der Waals surface area contributed by atoms with Gasteiger partial charge in [0.1, 0.15) is 5.82 Å². The normalized spacial score (nSPS) is 12.0. The summed E-state index contributed by atoms with van der Waals surface area (Å²) in [6, 6.07) is 13.1. The van der Waals surface area contributed by atoms with Gasteiger partial charge < -0.3 is 10.4 Å². The summed E-state index contributed by atoms with van der Waals surface area (Å²) in [4.78, 5) is 12.3. The Bertz CT molecular complexity index is 1000. The number of hydrogen-bond donors (Lipinski definition) is 2. The van der Waals surface area contributed by atoms with Crippen molar-refractivity contribution in [1.29, 1.82) is 0 Å². The number of thioether (sulfide) groups is 1. The first-order valence-corrected chi connectivity index (χ1v) is 10.5. The van der Waals surface area contributed by atoms with Gasteiger partial charge in [0.15, 0.2) is 5.16 Å². The fourth-order valence-electron chi connectivity index (χ4n) is 2.87. The topological polar surface area (TPSA) is 80.0 Å². The molecule has 2 aromatic carbocycles. The molecule has 152 valence electrons. The second-order valence-corrected chi connectivity index (χ2v) is 8.19. The van der Waals surface area contributed by atoms with Crippen LogP contribution in [-0.2, 0) is 4.79 Å². The van der Waals surface area contributed by atoms with Crippen LogP contribution in [0.1, 0.15) is 28.6 Å². The molecular formula is C21H23ClN4O2S. The molecule has 0 aliphatic heterocycles. The smallest absolute Gasteiger partial charge is 0.230 e. The number of carbonyl (C=O) groups excluding carboxylic acids is 1. The number of hydrogen-bond acceptors (Lipinski definition) is 5. The minimum atomic E-state index is -0.790. The van der Waals surface area contributed by atoms with Crippen LogP contribution in [0.3, 0.4) is 0 Å². The van der Waals surface area contributed by atoms with E-state index in [0.717, 1.165) is 22.6 Å². The van der Waals surface area contributed by atoms with Gasteiger partial charge in [0.2, 0.25) is 5.91 Å². The molecule has 3 aromatic rings. The van der Waals surface area contributed by atoms with Crippen molar-refractivity contribution in [2.45, 2.75) is 32.0 Å². The third kappa shape index (κ3) is 5.38. The van der Waals surface area contributed by atoms with Gasteiger partial charge in [-0.1, -0.05) is 47.6 Å². The lowest BCUT2D eigenvalue weighted by Gasteiger charge is -2.13. The molecule has 0 bridgehead atoms. The zero-order chi connectivity index (χ0) is 21.0. The molecule has 2 N–H and O–H groups in total. The minimum absolute atomic E-state index is 0.129. The molecule has 0 radical (unpaired) electrons. The van der Waals surface area contributed by atoms with E-state index in [1.165, 1.54) is 11.8 Å². The summed E-state index contributed by atoms with van der Waals surface area (Å²) >= 11 is 7.17. The van der Waals surface area contributed by atoms with E-state index in [1.807, 2.05) is 25.3 Å². The molecule has 3 rings (SSSR count). The third-order valence-corrected chi connectivity index (χ3v) is 5.66. The Kier molecular flexibility index (Phi) is 6.95. The number of aliphatic hydroxyl groups is 1. The Hall–Kier alpha value is -2.35. The Balaban J connectivity index is 1.61. The first-order chi connectivity index (χ1) is 13.8. The summed E-state index contributed by atoms with van der Waals surface area (Å²) in [6.45, 7) is 6.09. The molecule has 8 heteroatoms. The highest BCUT2D eigenvalue weighted by Crippen LogP contribution is 2.25. The second kappa shape index (κ2) is 9.43. The van der Waals surface area contributed by atoms with Crippen LogP contribution in [0, 0.1) is 20.8 Å². The van der Waals surface area contributed by atoms with Crippen LogP contribution >= 0.6 is 23.4 Å². The minimum Gasteiger partial charge on any atom is -0.387 e. The van der Waals surface area contributed by atoms with Gasteiger partial charge in [-0.3, -0.25) is 9.36 Å². The van der Waals surface area contributed by atoms with Crippen molar-refractivity contribution < 1.29 is 9.90 Å². The van der Waals surface area contributed by atoms with Crippen molar-refractivity contribution in [3.63, 3.8) is 0 Å².